The zero-order chi connectivity index (χ0) is 20.5. The molecule has 0 spiro atoms. The molecular formula is C20H20O9. The molecule has 9 heteroatoms. The Bertz CT molecular complexity index is 948. The van der Waals surface area contributed by atoms with Gasteiger partial charge in [-0.15, -0.1) is 0 Å². The second kappa shape index (κ2) is 6.11. The van der Waals surface area contributed by atoms with Gasteiger partial charge in [0, 0.05) is 18.1 Å². The molecule has 154 valence electrons. The maximum absolute atomic E-state index is 12.9. The number of fused-ring (bicyclic) bond motifs is 6. The van der Waals surface area contributed by atoms with Gasteiger partial charge < -0.3 is 33.2 Å². The smallest absolute Gasteiger partial charge is 0.343 e. The van der Waals surface area contributed by atoms with Crippen molar-refractivity contribution in [2.75, 3.05) is 13.9 Å². The molecule has 0 aromatic heterocycles. The van der Waals surface area contributed by atoms with Crippen LogP contribution < -0.4 is 14.2 Å². The molecular weight excluding hydrogens is 384 g/mol. The molecule has 3 heterocycles. The number of hydrogen-bond acceptors (Lipinski definition) is 9. The lowest BCUT2D eigenvalue weighted by atomic mass is 9.81. The molecule has 1 saturated heterocycles. The minimum atomic E-state index is -0.920. The van der Waals surface area contributed by atoms with E-state index in [2.05, 4.69) is 0 Å². The first-order valence-electron chi connectivity index (χ1n) is 9.25. The number of carbonyl (C=O) groups is 2. The molecule has 1 fully saturated rings. The summed E-state index contributed by atoms with van der Waals surface area (Å²) in [4.78, 5) is 24.6. The molecule has 1 aromatic rings. The average Bonchev–Trinajstić information content (AvgIpc) is 3.24. The van der Waals surface area contributed by atoms with Crippen LogP contribution in [0.1, 0.15) is 36.7 Å². The average molecular weight is 404 g/mol. The highest BCUT2D eigenvalue weighted by molar-refractivity contribution is 6.04. The van der Waals surface area contributed by atoms with Crippen molar-refractivity contribution in [2.45, 2.75) is 51.0 Å². The Morgan fingerprint density at radius 2 is 1.97 bits per heavy atom. The Hall–Kier alpha value is -2.78. The van der Waals surface area contributed by atoms with Crippen LogP contribution in [0.2, 0.25) is 0 Å². The largest absolute Gasteiger partial charge is 0.492 e. The van der Waals surface area contributed by atoms with Gasteiger partial charge in [-0.05, 0) is 26.0 Å². The Morgan fingerprint density at radius 3 is 2.69 bits per heavy atom. The number of hydrogen-bond donors (Lipinski definition) is 0. The van der Waals surface area contributed by atoms with E-state index < -0.39 is 42.1 Å². The van der Waals surface area contributed by atoms with E-state index in [0.29, 0.717) is 22.6 Å². The molecule has 5 rings (SSSR count). The van der Waals surface area contributed by atoms with Crippen LogP contribution in [0, 0.1) is 0 Å². The molecule has 1 aromatic carbocycles. The number of benzene rings is 1. The Balaban J connectivity index is 1.68. The van der Waals surface area contributed by atoms with Crippen molar-refractivity contribution in [1.29, 1.82) is 0 Å². The predicted octanol–water partition coefficient (Wildman–Crippen LogP) is 1.81. The van der Waals surface area contributed by atoms with Crippen molar-refractivity contribution in [1.82, 2.24) is 0 Å². The molecule has 0 bridgehead atoms. The minimum absolute atomic E-state index is 0.0258. The standard InChI is InChI=1S/C20H20O9/c1-8(21)26-12-6-10-9-5-11-15(25-7-24-11)17(23-4)13(9)19(22)27-14(10)18-16(12)28-20(2,3)29-18/h5-6,12,14,16,18H,7H2,1-4H3/t12-,14-,16+,18-/m0/s1. The predicted molar refractivity (Wildman–Crippen MR) is 95.7 cm³/mol. The second-order valence-electron chi connectivity index (χ2n) is 7.65. The van der Waals surface area contributed by atoms with Crippen LogP contribution in [0.4, 0.5) is 0 Å². The number of methoxy groups -OCH3 is 1. The minimum Gasteiger partial charge on any atom is -0.492 e. The Morgan fingerprint density at radius 1 is 1.21 bits per heavy atom. The molecule has 0 unspecified atom stereocenters. The zero-order valence-corrected chi connectivity index (χ0v) is 16.3. The van der Waals surface area contributed by atoms with Crippen molar-refractivity contribution >= 4 is 17.5 Å². The summed E-state index contributed by atoms with van der Waals surface area (Å²) in [6, 6.07) is 1.71. The van der Waals surface area contributed by atoms with Gasteiger partial charge in [-0.25, -0.2) is 4.79 Å². The van der Waals surface area contributed by atoms with Gasteiger partial charge in [0.15, 0.2) is 23.4 Å². The van der Waals surface area contributed by atoms with E-state index in [0.717, 1.165) is 0 Å². The lowest BCUT2D eigenvalue weighted by molar-refractivity contribution is -0.165. The molecule has 1 aliphatic carbocycles. The fourth-order valence-electron chi connectivity index (χ4n) is 4.33. The summed E-state index contributed by atoms with van der Waals surface area (Å²) < 4.78 is 39.6. The van der Waals surface area contributed by atoms with Gasteiger partial charge in [0.25, 0.3) is 0 Å². The SMILES string of the molecule is COc1c2c(cc3c1C(=O)O[C@H]1C3=C[C@H](OC(C)=O)[C@H]3OC(C)(C)O[C@H]31)OCO2. The first kappa shape index (κ1) is 18.3. The van der Waals surface area contributed by atoms with Crippen LogP contribution in [0.25, 0.3) is 5.57 Å². The van der Waals surface area contributed by atoms with Crippen LogP contribution in [-0.2, 0) is 23.7 Å². The maximum Gasteiger partial charge on any atom is 0.343 e. The van der Waals surface area contributed by atoms with E-state index in [1.165, 1.54) is 14.0 Å². The van der Waals surface area contributed by atoms with Crippen molar-refractivity contribution < 1.29 is 42.7 Å². The second-order valence-corrected chi connectivity index (χ2v) is 7.65. The van der Waals surface area contributed by atoms with Crippen molar-refractivity contribution in [3.05, 3.63) is 23.3 Å². The fraction of sp³-hybridized carbons (Fsp3) is 0.500. The molecule has 0 N–H and O–H groups in total. The highest BCUT2D eigenvalue weighted by atomic mass is 16.8. The van der Waals surface area contributed by atoms with Crippen LogP contribution in [-0.4, -0.2) is 56.0 Å². The van der Waals surface area contributed by atoms with Gasteiger partial charge in [-0.1, -0.05) is 0 Å². The summed E-state index contributed by atoms with van der Waals surface area (Å²) in [6.45, 7) is 4.87. The number of carbonyl (C=O) groups excluding carboxylic acids is 2. The molecule has 0 radical (unpaired) electrons. The summed E-state index contributed by atoms with van der Waals surface area (Å²) in [6.07, 6.45) is -0.925. The summed E-state index contributed by atoms with van der Waals surface area (Å²) in [5.74, 6) is -0.867. The summed E-state index contributed by atoms with van der Waals surface area (Å²) in [7, 11) is 1.44. The van der Waals surface area contributed by atoms with Gasteiger partial charge in [-0.3, -0.25) is 4.79 Å². The monoisotopic (exact) mass is 404 g/mol. The Labute approximate surface area is 166 Å². The summed E-state index contributed by atoms with van der Waals surface area (Å²) in [5.41, 5.74) is 1.44. The van der Waals surface area contributed by atoms with Crippen LogP contribution in [0.15, 0.2) is 12.1 Å². The maximum atomic E-state index is 12.9. The van der Waals surface area contributed by atoms with Gasteiger partial charge in [0.2, 0.25) is 12.5 Å². The first-order valence-corrected chi connectivity index (χ1v) is 9.25. The van der Waals surface area contributed by atoms with Gasteiger partial charge in [0.05, 0.1) is 7.11 Å². The van der Waals surface area contributed by atoms with Crippen LogP contribution in [0.5, 0.6) is 17.2 Å². The molecule has 4 atom stereocenters. The number of ether oxygens (including phenoxy) is 7. The Kier molecular flexibility index (Phi) is 3.85. The van der Waals surface area contributed by atoms with E-state index in [1.807, 2.05) is 0 Å². The zero-order valence-electron chi connectivity index (χ0n) is 16.3. The van der Waals surface area contributed by atoms with E-state index >= 15 is 0 Å². The van der Waals surface area contributed by atoms with Crippen molar-refractivity contribution in [2.24, 2.45) is 0 Å². The third-order valence-corrected chi connectivity index (χ3v) is 5.31. The highest BCUT2D eigenvalue weighted by Gasteiger charge is 2.56. The van der Waals surface area contributed by atoms with Crippen molar-refractivity contribution in [3.63, 3.8) is 0 Å². The van der Waals surface area contributed by atoms with E-state index in [1.54, 1.807) is 26.0 Å². The molecule has 0 amide bonds. The third-order valence-electron chi connectivity index (χ3n) is 5.31. The van der Waals surface area contributed by atoms with E-state index in [9.17, 15) is 9.59 Å². The summed E-state index contributed by atoms with van der Waals surface area (Å²) in [5, 5.41) is 0. The number of esters is 2. The first-order chi connectivity index (χ1) is 13.8. The third kappa shape index (κ3) is 2.68. The summed E-state index contributed by atoms with van der Waals surface area (Å²) >= 11 is 0. The van der Waals surface area contributed by atoms with Gasteiger partial charge in [-0.2, -0.15) is 0 Å². The molecule has 0 saturated carbocycles. The highest BCUT2D eigenvalue weighted by Crippen LogP contribution is 2.52. The molecule has 29 heavy (non-hydrogen) atoms. The quantitative estimate of drug-likeness (QED) is 0.684. The lowest BCUT2D eigenvalue weighted by Crippen LogP contribution is -2.50. The normalized spacial score (nSPS) is 30.5. The van der Waals surface area contributed by atoms with Crippen molar-refractivity contribution in [3.8, 4) is 17.2 Å². The molecule has 4 aliphatic rings. The van der Waals surface area contributed by atoms with E-state index in [4.69, 9.17) is 33.2 Å². The van der Waals surface area contributed by atoms with Crippen LogP contribution in [0.3, 0.4) is 0 Å². The molecule has 3 aliphatic heterocycles. The van der Waals surface area contributed by atoms with Gasteiger partial charge in [0.1, 0.15) is 23.9 Å². The number of rotatable bonds is 2. The van der Waals surface area contributed by atoms with E-state index in [-0.39, 0.29) is 18.1 Å². The lowest BCUT2D eigenvalue weighted by Gasteiger charge is -2.38. The van der Waals surface area contributed by atoms with Gasteiger partial charge >= 0.3 is 11.9 Å². The van der Waals surface area contributed by atoms with Crippen LogP contribution >= 0.6 is 0 Å². The topological polar surface area (TPSA) is 98.8 Å². The fourth-order valence-corrected chi connectivity index (χ4v) is 4.33. The molecule has 9 nitrogen and oxygen atoms in total.